The molecule has 0 aromatic carbocycles. The normalized spacial score (nSPS) is 28.4. The van der Waals surface area contributed by atoms with E-state index in [9.17, 15) is 0 Å². The molecule has 4 heteroatoms. The Kier molecular flexibility index (Phi) is 3.60. The van der Waals surface area contributed by atoms with Gasteiger partial charge >= 0.3 is 0 Å². The summed E-state index contributed by atoms with van der Waals surface area (Å²) in [6.45, 7) is 4.11. The van der Waals surface area contributed by atoms with E-state index >= 15 is 0 Å². The van der Waals surface area contributed by atoms with Crippen molar-refractivity contribution in [3.8, 4) is 11.9 Å². The van der Waals surface area contributed by atoms with Crippen molar-refractivity contribution in [2.75, 3.05) is 0 Å². The predicted octanol–water partition coefficient (Wildman–Crippen LogP) is 2.29. The van der Waals surface area contributed by atoms with Crippen LogP contribution in [0, 0.1) is 11.3 Å². The van der Waals surface area contributed by atoms with Gasteiger partial charge in [-0.1, -0.05) is 0 Å². The zero-order valence-corrected chi connectivity index (χ0v) is 10.1. The van der Waals surface area contributed by atoms with Gasteiger partial charge in [-0.15, -0.1) is 0 Å². The molecule has 0 N–H and O–H groups in total. The van der Waals surface area contributed by atoms with Crippen LogP contribution in [0.25, 0.3) is 0 Å². The van der Waals surface area contributed by atoms with Crippen molar-refractivity contribution in [1.82, 2.24) is 4.98 Å². The van der Waals surface area contributed by atoms with Gasteiger partial charge in [-0.25, -0.2) is 4.98 Å². The number of rotatable bonds is 2. The maximum atomic E-state index is 8.67. The molecule has 1 fully saturated rings. The second-order valence-electron chi connectivity index (χ2n) is 4.47. The fraction of sp³-hybridized carbons (Fsp3) is 0.538. The van der Waals surface area contributed by atoms with Gasteiger partial charge in [0.15, 0.2) is 0 Å². The largest absolute Gasteiger partial charge is 0.474 e. The van der Waals surface area contributed by atoms with Crippen LogP contribution in [0.3, 0.4) is 0 Å². The maximum absolute atomic E-state index is 8.67. The molecule has 0 spiro atoms. The highest BCUT2D eigenvalue weighted by Crippen LogP contribution is 2.23. The highest BCUT2D eigenvalue weighted by Gasteiger charge is 2.25. The van der Waals surface area contributed by atoms with Gasteiger partial charge in [0.05, 0.1) is 17.8 Å². The fourth-order valence-electron chi connectivity index (χ4n) is 2.13. The molecule has 0 radical (unpaired) electrons. The van der Waals surface area contributed by atoms with Crippen LogP contribution in [0.1, 0.15) is 32.3 Å². The molecule has 17 heavy (non-hydrogen) atoms. The number of nitrogens with zero attached hydrogens (tertiary/aromatic N) is 2. The number of hydrogen-bond donors (Lipinski definition) is 0. The Morgan fingerprint density at radius 1 is 1.35 bits per heavy atom. The summed E-state index contributed by atoms with van der Waals surface area (Å²) in [7, 11) is 0. The highest BCUT2D eigenvalue weighted by molar-refractivity contribution is 5.28. The van der Waals surface area contributed by atoms with Crippen LogP contribution in [-0.2, 0) is 4.74 Å². The average molecular weight is 232 g/mol. The molecule has 2 heterocycles. The molecule has 2 rings (SSSR count). The van der Waals surface area contributed by atoms with Crippen molar-refractivity contribution in [1.29, 1.82) is 5.26 Å². The minimum absolute atomic E-state index is 0.147. The van der Waals surface area contributed by atoms with E-state index in [2.05, 4.69) is 18.8 Å². The van der Waals surface area contributed by atoms with Crippen LogP contribution in [0.4, 0.5) is 0 Å². The Morgan fingerprint density at radius 2 is 2.06 bits per heavy atom. The monoisotopic (exact) mass is 232 g/mol. The van der Waals surface area contributed by atoms with Crippen molar-refractivity contribution >= 4 is 0 Å². The van der Waals surface area contributed by atoms with Crippen LogP contribution >= 0.6 is 0 Å². The lowest BCUT2D eigenvalue weighted by Crippen LogP contribution is -2.35. The number of ether oxygens (including phenoxy) is 2. The molecule has 1 aromatic heterocycles. The van der Waals surface area contributed by atoms with Crippen molar-refractivity contribution in [3.05, 3.63) is 23.9 Å². The zero-order valence-electron chi connectivity index (χ0n) is 10.1. The summed E-state index contributed by atoms with van der Waals surface area (Å²) < 4.78 is 11.4. The molecule has 2 atom stereocenters. The van der Waals surface area contributed by atoms with Gasteiger partial charge in [0.1, 0.15) is 12.2 Å². The lowest BCUT2D eigenvalue weighted by atomic mass is 10.0. The molecule has 0 bridgehead atoms. The van der Waals surface area contributed by atoms with Gasteiger partial charge in [-0.2, -0.15) is 5.26 Å². The lowest BCUT2D eigenvalue weighted by molar-refractivity contribution is -0.0729. The summed E-state index contributed by atoms with van der Waals surface area (Å²) in [5.74, 6) is 0.579. The first-order chi connectivity index (χ1) is 8.17. The molecule has 1 aliphatic heterocycles. The van der Waals surface area contributed by atoms with Crippen molar-refractivity contribution < 1.29 is 9.47 Å². The van der Waals surface area contributed by atoms with Crippen molar-refractivity contribution in [2.45, 2.75) is 45.0 Å². The third-order valence-electron chi connectivity index (χ3n) is 2.81. The first-order valence-corrected chi connectivity index (χ1v) is 5.85. The highest BCUT2D eigenvalue weighted by atomic mass is 16.5. The molecule has 4 nitrogen and oxygen atoms in total. The van der Waals surface area contributed by atoms with Gasteiger partial charge in [0.25, 0.3) is 0 Å². The Balaban J connectivity index is 1.98. The third-order valence-corrected chi connectivity index (χ3v) is 2.81. The molecule has 1 aliphatic rings. The molecule has 0 aliphatic carbocycles. The standard InChI is InChI=1S/C13H16N2O2/c1-9-5-12(6-10(2)16-9)17-13-4-3-11(7-14)8-15-13/h3-4,8-10,12H,5-6H2,1-2H3. The molecule has 90 valence electrons. The van der Waals surface area contributed by atoms with Crippen LogP contribution < -0.4 is 4.74 Å². The summed E-state index contributed by atoms with van der Waals surface area (Å²) in [6.07, 6.45) is 3.89. The number of hydrogen-bond acceptors (Lipinski definition) is 4. The van der Waals surface area contributed by atoms with Gasteiger partial charge in [-0.3, -0.25) is 0 Å². The average Bonchev–Trinajstić information content (AvgIpc) is 2.28. The summed E-state index contributed by atoms with van der Waals surface area (Å²) in [6, 6.07) is 5.49. The summed E-state index contributed by atoms with van der Waals surface area (Å²) in [5.41, 5.74) is 0.547. The van der Waals surface area contributed by atoms with E-state index in [1.54, 1.807) is 12.1 Å². The summed E-state index contributed by atoms with van der Waals surface area (Å²) in [4.78, 5) is 4.11. The summed E-state index contributed by atoms with van der Waals surface area (Å²) in [5, 5.41) is 8.67. The van der Waals surface area contributed by atoms with Gasteiger partial charge in [-0.05, 0) is 19.9 Å². The van der Waals surface area contributed by atoms with Gasteiger partial charge in [0.2, 0.25) is 5.88 Å². The topological polar surface area (TPSA) is 55.1 Å². The van der Waals surface area contributed by atoms with Crippen LogP contribution in [0.2, 0.25) is 0 Å². The van der Waals surface area contributed by atoms with Crippen LogP contribution in [0.15, 0.2) is 18.3 Å². The zero-order chi connectivity index (χ0) is 12.3. The molecular weight excluding hydrogens is 216 g/mol. The van der Waals surface area contributed by atoms with Crippen LogP contribution in [-0.4, -0.2) is 23.3 Å². The number of nitriles is 1. The van der Waals surface area contributed by atoms with E-state index in [1.807, 2.05) is 6.07 Å². The van der Waals surface area contributed by atoms with E-state index < -0.39 is 0 Å². The third kappa shape index (κ3) is 3.18. The first-order valence-electron chi connectivity index (χ1n) is 5.85. The predicted molar refractivity (Wildman–Crippen MR) is 62.6 cm³/mol. The van der Waals surface area contributed by atoms with E-state index in [0.29, 0.717) is 11.4 Å². The smallest absolute Gasteiger partial charge is 0.213 e. The minimum Gasteiger partial charge on any atom is -0.474 e. The Morgan fingerprint density at radius 3 is 2.59 bits per heavy atom. The number of pyridine rings is 1. The van der Waals surface area contributed by atoms with Crippen LogP contribution in [0.5, 0.6) is 5.88 Å². The molecule has 0 saturated carbocycles. The Bertz CT molecular complexity index is 400. The van der Waals surface area contributed by atoms with Gasteiger partial charge < -0.3 is 9.47 Å². The lowest BCUT2D eigenvalue weighted by Gasteiger charge is -2.31. The fourth-order valence-corrected chi connectivity index (χ4v) is 2.13. The van der Waals surface area contributed by atoms with E-state index in [1.165, 1.54) is 6.20 Å². The Hall–Kier alpha value is -1.60. The number of aromatic nitrogens is 1. The minimum atomic E-state index is 0.147. The Labute approximate surface area is 101 Å². The summed E-state index contributed by atoms with van der Waals surface area (Å²) >= 11 is 0. The molecule has 1 aromatic rings. The first kappa shape index (κ1) is 11.9. The van der Waals surface area contributed by atoms with E-state index in [4.69, 9.17) is 14.7 Å². The maximum Gasteiger partial charge on any atom is 0.213 e. The molecule has 0 amide bonds. The second kappa shape index (κ2) is 5.15. The van der Waals surface area contributed by atoms with Gasteiger partial charge in [0, 0.05) is 25.1 Å². The quantitative estimate of drug-likeness (QED) is 0.785. The van der Waals surface area contributed by atoms with Crippen molar-refractivity contribution in [2.24, 2.45) is 0 Å². The second-order valence-corrected chi connectivity index (χ2v) is 4.47. The molecule has 1 saturated heterocycles. The van der Waals surface area contributed by atoms with E-state index in [0.717, 1.165) is 12.8 Å². The van der Waals surface area contributed by atoms with Crippen molar-refractivity contribution in [3.63, 3.8) is 0 Å². The SMILES string of the molecule is CC1CC(Oc2ccc(C#N)cn2)CC(C)O1. The molecular formula is C13H16N2O2. The molecule has 2 unspecified atom stereocenters. The van der Waals surface area contributed by atoms with E-state index in [-0.39, 0.29) is 18.3 Å².